The smallest absolute Gasteiger partial charge is 0.122 e. The minimum atomic E-state index is 0.144. The Labute approximate surface area is 131 Å². The van der Waals surface area contributed by atoms with Crippen LogP contribution in [-0.2, 0) is 5.41 Å². The number of hydrogen-bond acceptors (Lipinski definition) is 1. The minimum Gasteiger partial charge on any atom is -0.493 e. The van der Waals surface area contributed by atoms with Crippen LogP contribution in [0.1, 0.15) is 77.3 Å². The van der Waals surface area contributed by atoms with Crippen molar-refractivity contribution in [3.63, 3.8) is 0 Å². The maximum absolute atomic E-state index is 5.96. The van der Waals surface area contributed by atoms with Crippen LogP contribution < -0.4 is 4.74 Å². The summed E-state index contributed by atoms with van der Waals surface area (Å²) in [6.07, 6.45) is 9.63. The molecule has 0 bridgehead atoms. The average Bonchev–Trinajstić information content (AvgIpc) is 2.43. The molecule has 0 radical (unpaired) electrons. The number of hydrogen-bond donors (Lipinski definition) is 0. The highest BCUT2D eigenvalue weighted by atomic mass is 16.5. The van der Waals surface area contributed by atoms with Crippen LogP contribution in [0.3, 0.4) is 0 Å². The number of rotatable bonds is 7. The van der Waals surface area contributed by atoms with E-state index in [9.17, 15) is 0 Å². The molecular weight excluding hydrogens is 256 g/mol. The normalized spacial score (nSPS) is 12.8. The van der Waals surface area contributed by atoms with Gasteiger partial charge in [-0.2, -0.15) is 0 Å². The summed E-state index contributed by atoms with van der Waals surface area (Å²) in [6, 6.07) is 6.63. The van der Waals surface area contributed by atoms with E-state index in [2.05, 4.69) is 58.7 Å². The van der Waals surface area contributed by atoms with E-state index in [1.807, 2.05) is 0 Å². The zero-order valence-corrected chi connectivity index (χ0v) is 14.3. The van der Waals surface area contributed by atoms with E-state index in [-0.39, 0.29) is 5.41 Å². The van der Waals surface area contributed by atoms with Gasteiger partial charge in [-0.3, -0.25) is 0 Å². The number of terminal acetylenes is 1. The lowest BCUT2D eigenvalue weighted by Gasteiger charge is -2.24. The van der Waals surface area contributed by atoms with E-state index in [1.54, 1.807) is 0 Å². The molecule has 1 rings (SSSR count). The number of benzene rings is 1. The molecule has 0 amide bonds. The summed E-state index contributed by atoms with van der Waals surface area (Å²) in [5.41, 5.74) is 2.78. The second-order valence-corrected chi connectivity index (χ2v) is 6.74. The van der Waals surface area contributed by atoms with Crippen molar-refractivity contribution in [2.24, 2.45) is 0 Å². The van der Waals surface area contributed by atoms with Crippen molar-refractivity contribution in [1.29, 1.82) is 0 Å². The van der Waals surface area contributed by atoms with Crippen molar-refractivity contribution >= 4 is 0 Å². The van der Waals surface area contributed by atoms with Gasteiger partial charge in [-0.05, 0) is 41.4 Å². The third-order valence-corrected chi connectivity index (χ3v) is 3.78. The lowest BCUT2D eigenvalue weighted by atomic mass is 9.82. The molecule has 0 aromatic heterocycles. The fraction of sp³-hybridized carbons (Fsp3) is 0.600. The Balaban J connectivity index is 3.22. The molecule has 0 aliphatic heterocycles. The molecule has 1 heteroatoms. The van der Waals surface area contributed by atoms with E-state index in [4.69, 9.17) is 11.2 Å². The van der Waals surface area contributed by atoms with Gasteiger partial charge >= 0.3 is 0 Å². The van der Waals surface area contributed by atoms with Gasteiger partial charge in [-0.25, -0.2) is 0 Å². The second kappa shape index (κ2) is 8.13. The van der Waals surface area contributed by atoms with Gasteiger partial charge in [0.05, 0.1) is 6.61 Å². The Morgan fingerprint density at radius 1 is 1.19 bits per heavy atom. The molecule has 1 nitrogen and oxygen atoms in total. The predicted octanol–water partition coefficient (Wildman–Crippen LogP) is 5.68. The van der Waals surface area contributed by atoms with E-state index in [0.29, 0.717) is 5.92 Å². The molecule has 0 aliphatic carbocycles. The standard InChI is InChI=1S/C20H30O/c1-7-10-16(11-8-2)18-15-17(20(4,5)6)12-13-19(18)21-14-9-3/h1,12-13,15-16H,8-11,14H2,2-6H3. The predicted molar refractivity (Wildman–Crippen MR) is 92.0 cm³/mol. The maximum Gasteiger partial charge on any atom is 0.122 e. The monoisotopic (exact) mass is 286 g/mol. The van der Waals surface area contributed by atoms with E-state index < -0.39 is 0 Å². The van der Waals surface area contributed by atoms with Crippen molar-refractivity contribution in [3.8, 4) is 18.1 Å². The Morgan fingerprint density at radius 3 is 2.43 bits per heavy atom. The molecule has 1 unspecified atom stereocenters. The molecule has 21 heavy (non-hydrogen) atoms. The van der Waals surface area contributed by atoms with Gasteiger partial charge in [0.1, 0.15) is 5.75 Å². The highest BCUT2D eigenvalue weighted by Crippen LogP contribution is 2.36. The molecule has 1 atom stereocenters. The lowest BCUT2D eigenvalue weighted by Crippen LogP contribution is -2.13. The van der Waals surface area contributed by atoms with Gasteiger partial charge in [0.2, 0.25) is 0 Å². The van der Waals surface area contributed by atoms with Crippen LogP contribution in [0.15, 0.2) is 18.2 Å². The molecule has 0 saturated heterocycles. The Morgan fingerprint density at radius 2 is 1.90 bits per heavy atom. The highest BCUT2D eigenvalue weighted by molar-refractivity contribution is 5.42. The lowest BCUT2D eigenvalue weighted by molar-refractivity contribution is 0.311. The van der Waals surface area contributed by atoms with Crippen LogP contribution in [0.2, 0.25) is 0 Å². The summed E-state index contributed by atoms with van der Waals surface area (Å²) in [4.78, 5) is 0. The molecule has 0 spiro atoms. The zero-order valence-electron chi connectivity index (χ0n) is 14.3. The summed E-state index contributed by atoms with van der Waals surface area (Å²) in [7, 11) is 0. The Bertz CT molecular complexity index is 474. The van der Waals surface area contributed by atoms with Crippen molar-refractivity contribution in [2.45, 2.75) is 71.6 Å². The fourth-order valence-corrected chi connectivity index (χ4v) is 2.54. The van der Waals surface area contributed by atoms with Gasteiger partial charge < -0.3 is 4.74 Å². The molecule has 0 N–H and O–H groups in total. The maximum atomic E-state index is 5.96. The molecule has 116 valence electrons. The molecule has 1 aromatic rings. The van der Waals surface area contributed by atoms with Gasteiger partial charge in [-0.1, -0.05) is 53.2 Å². The number of ether oxygens (including phenoxy) is 1. The summed E-state index contributed by atoms with van der Waals surface area (Å²) in [5.74, 6) is 4.25. The molecule has 0 heterocycles. The van der Waals surface area contributed by atoms with Crippen molar-refractivity contribution in [2.75, 3.05) is 6.61 Å². The summed E-state index contributed by atoms with van der Waals surface area (Å²) in [5, 5.41) is 0. The third kappa shape index (κ3) is 5.12. The summed E-state index contributed by atoms with van der Waals surface area (Å²) in [6.45, 7) is 11.8. The quantitative estimate of drug-likeness (QED) is 0.586. The molecular formula is C20H30O. The first-order valence-electron chi connectivity index (χ1n) is 8.14. The minimum absolute atomic E-state index is 0.144. The Kier molecular flexibility index (Phi) is 6.82. The fourth-order valence-electron chi connectivity index (χ4n) is 2.54. The first kappa shape index (κ1) is 17.6. The van der Waals surface area contributed by atoms with Crippen LogP contribution >= 0.6 is 0 Å². The SMILES string of the molecule is C#CCC(CCC)c1cc(C(C)(C)C)ccc1OCCC. The van der Waals surface area contributed by atoms with Crippen LogP contribution in [0, 0.1) is 12.3 Å². The van der Waals surface area contributed by atoms with E-state index >= 15 is 0 Å². The first-order chi connectivity index (χ1) is 9.93. The van der Waals surface area contributed by atoms with E-state index in [0.717, 1.165) is 38.0 Å². The average molecular weight is 286 g/mol. The van der Waals surface area contributed by atoms with Crippen LogP contribution in [0.25, 0.3) is 0 Å². The molecule has 0 aliphatic rings. The third-order valence-electron chi connectivity index (χ3n) is 3.78. The van der Waals surface area contributed by atoms with E-state index in [1.165, 1.54) is 11.1 Å². The zero-order chi connectivity index (χ0) is 15.9. The molecule has 0 fully saturated rings. The second-order valence-electron chi connectivity index (χ2n) is 6.74. The van der Waals surface area contributed by atoms with Crippen molar-refractivity contribution in [3.05, 3.63) is 29.3 Å². The topological polar surface area (TPSA) is 9.23 Å². The summed E-state index contributed by atoms with van der Waals surface area (Å²) >= 11 is 0. The highest BCUT2D eigenvalue weighted by Gasteiger charge is 2.20. The van der Waals surface area contributed by atoms with Crippen molar-refractivity contribution in [1.82, 2.24) is 0 Å². The van der Waals surface area contributed by atoms with Gasteiger partial charge in [0, 0.05) is 6.42 Å². The van der Waals surface area contributed by atoms with Crippen molar-refractivity contribution < 1.29 is 4.74 Å². The molecule has 0 saturated carbocycles. The Hall–Kier alpha value is -1.42. The van der Waals surface area contributed by atoms with Crippen LogP contribution in [0.4, 0.5) is 0 Å². The van der Waals surface area contributed by atoms with Crippen LogP contribution in [0.5, 0.6) is 5.75 Å². The first-order valence-corrected chi connectivity index (χ1v) is 8.14. The molecule has 1 aromatic carbocycles. The van der Waals surface area contributed by atoms with Gasteiger partial charge in [-0.15, -0.1) is 12.3 Å². The van der Waals surface area contributed by atoms with Crippen LogP contribution in [-0.4, -0.2) is 6.61 Å². The summed E-state index contributed by atoms with van der Waals surface area (Å²) < 4.78 is 5.96. The largest absolute Gasteiger partial charge is 0.493 e. The van der Waals surface area contributed by atoms with Gasteiger partial charge in [0.25, 0.3) is 0 Å². The van der Waals surface area contributed by atoms with Gasteiger partial charge in [0.15, 0.2) is 0 Å².